The van der Waals surface area contributed by atoms with Gasteiger partial charge >= 0.3 is 0 Å². The Hall–Kier alpha value is -1.92. The second kappa shape index (κ2) is 6.18. The molecule has 3 heterocycles. The van der Waals surface area contributed by atoms with Crippen LogP contribution in [0.15, 0.2) is 53.6 Å². The lowest BCUT2D eigenvalue weighted by atomic mass is 9.97. The van der Waals surface area contributed by atoms with Crippen molar-refractivity contribution >= 4 is 15.7 Å². The van der Waals surface area contributed by atoms with E-state index in [-0.39, 0.29) is 5.92 Å². The number of pyridine rings is 1. The number of hydrogen-bond acceptors (Lipinski definition) is 4. The minimum Gasteiger partial charge on any atom is -0.314 e. The quantitative estimate of drug-likeness (QED) is 0.927. The van der Waals surface area contributed by atoms with Crippen molar-refractivity contribution in [3.63, 3.8) is 0 Å². The van der Waals surface area contributed by atoms with Crippen molar-refractivity contribution in [1.29, 1.82) is 0 Å². The van der Waals surface area contributed by atoms with E-state index in [1.165, 1.54) is 10.7 Å². The largest absolute Gasteiger partial charge is 0.314 e. The van der Waals surface area contributed by atoms with Gasteiger partial charge in [0.1, 0.15) is 0 Å². The molecular formula is C18H21N3O2S. The number of rotatable bonds is 4. The highest BCUT2D eigenvalue weighted by Gasteiger charge is 2.38. The summed E-state index contributed by atoms with van der Waals surface area (Å²) < 4.78 is 27.7. The van der Waals surface area contributed by atoms with E-state index >= 15 is 0 Å². The summed E-state index contributed by atoms with van der Waals surface area (Å²) in [5.74, 6) is 0.148. The molecule has 1 N–H and O–H groups in total. The van der Waals surface area contributed by atoms with Gasteiger partial charge in [0.15, 0.2) is 0 Å². The molecule has 126 valence electrons. The molecule has 0 bridgehead atoms. The van der Waals surface area contributed by atoms with Crippen LogP contribution in [0.5, 0.6) is 0 Å². The number of anilines is 1. The Morgan fingerprint density at radius 2 is 2.00 bits per heavy atom. The molecule has 6 heteroatoms. The monoisotopic (exact) mass is 343 g/mol. The number of sulfonamides is 1. The molecule has 0 radical (unpaired) electrons. The van der Waals surface area contributed by atoms with Crippen molar-refractivity contribution in [2.45, 2.75) is 36.1 Å². The van der Waals surface area contributed by atoms with Gasteiger partial charge in [0.05, 0.1) is 16.3 Å². The summed E-state index contributed by atoms with van der Waals surface area (Å²) in [5.41, 5.74) is 1.63. The Morgan fingerprint density at radius 1 is 1.17 bits per heavy atom. The first-order chi connectivity index (χ1) is 11.7. The summed E-state index contributed by atoms with van der Waals surface area (Å²) in [6.45, 7) is 1.53. The van der Waals surface area contributed by atoms with Crippen LogP contribution in [0.4, 0.5) is 5.69 Å². The Labute approximate surface area is 142 Å². The normalized spacial score (nSPS) is 23.4. The van der Waals surface area contributed by atoms with Gasteiger partial charge in [0.2, 0.25) is 0 Å². The van der Waals surface area contributed by atoms with Crippen molar-refractivity contribution in [2.75, 3.05) is 17.4 Å². The number of nitrogens with one attached hydrogen (secondary N) is 1. The topological polar surface area (TPSA) is 62.3 Å². The molecule has 0 aliphatic carbocycles. The van der Waals surface area contributed by atoms with Gasteiger partial charge in [-0.3, -0.25) is 9.29 Å². The predicted molar refractivity (Wildman–Crippen MR) is 93.6 cm³/mol. The molecule has 1 aromatic heterocycles. The zero-order valence-electron chi connectivity index (χ0n) is 13.4. The minimum absolute atomic E-state index is 0.148. The van der Waals surface area contributed by atoms with Crippen LogP contribution in [0, 0.1) is 0 Å². The van der Waals surface area contributed by atoms with Gasteiger partial charge in [-0.1, -0.05) is 18.2 Å². The summed E-state index contributed by atoms with van der Waals surface area (Å²) in [6, 6.07) is 12.8. The summed E-state index contributed by atoms with van der Waals surface area (Å²) in [7, 11) is -3.55. The van der Waals surface area contributed by atoms with Gasteiger partial charge in [0.25, 0.3) is 10.0 Å². The summed E-state index contributed by atoms with van der Waals surface area (Å²) in [5, 5.41) is 3.50. The van der Waals surface area contributed by atoms with Gasteiger partial charge < -0.3 is 5.32 Å². The van der Waals surface area contributed by atoms with E-state index in [0.717, 1.165) is 30.8 Å². The van der Waals surface area contributed by atoms with E-state index in [4.69, 9.17) is 0 Å². The van der Waals surface area contributed by atoms with Crippen molar-refractivity contribution in [2.24, 2.45) is 0 Å². The minimum atomic E-state index is -3.55. The van der Waals surface area contributed by atoms with E-state index in [9.17, 15) is 8.42 Å². The molecule has 0 saturated carbocycles. The first-order valence-electron chi connectivity index (χ1n) is 8.42. The maximum atomic E-state index is 13.1. The third kappa shape index (κ3) is 2.70. The smallest absolute Gasteiger partial charge is 0.264 e. The average Bonchev–Trinajstić information content (AvgIpc) is 3.25. The fourth-order valence-electron chi connectivity index (χ4n) is 3.75. The Bertz CT molecular complexity index is 817. The zero-order valence-corrected chi connectivity index (χ0v) is 14.2. The summed E-state index contributed by atoms with van der Waals surface area (Å²) in [6.07, 6.45) is 5.04. The lowest BCUT2D eigenvalue weighted by Gasteiger charge is -2.20. The molecule has 2 aliphatic heterocycles. The van der Waals surface area contributed by atoms with E-state index in [2.05, 4.69) is 10.3 Å². The molecule has 5 nitrogen and oxygen atoms in total. The zero-order chi connectivity index (χ0) is 16.6. The lowest BCUT2D eigenvalue weighted by molar-refractivity contribution is 0.499. The number of hydrogen-bond donors (Lipinski definition) is 1. The standard InChI is InChI=1S/C18H21N3O2S/c22-24(23,16-7-2-1-3-8-16)21-13-14(12-15-6-4-10-19-15)18-17(21)9-5-11-20-18/h1-3,5,7-9,11,14-15,19H,4,6,10,12-13H2/t14?,15-/m1/s1. The number of aromatic nitrogens is 1. The molecule has 1 unspecified atom stereocenters. The van der Waals surface area contributed by atoms with Crippen LogP contribution in [0.1, 0.15) is 30.9 Å². The van der Waals surface area contributed by atoms with E-state index in [1.54, 1.807) is 30.5 Å². The molecule has 1 aromatic carbocycles. The third-order valence-electron chi connectivity index (χ3n) is 4.92. The highest BCUT2D eigenvalue weighted by atomic mass is 32.2. The molecule has 4 rings (SSSR count). The first kappa shape index (κ1) is 15.6. The van der Waals surface area contributed by atoms with Gasteiger partial charge in [-0.05, 0) is 50.1 Å². The van der Waals surface area contributed by atoms with Crippen LogP contribution in [0.25, 0.3) is 0 Å². The van der Waals surface area contributed by atoms with E-state index < -0.39 is 10.0 Å². The second-order valence-corrected chi connectivity index (χ2v) is 8.35. The predicted octanol–water partition coefficient (Wildman–Crippen LogP) is 2.52. The van der Waals surface area contributed by atoms with Crippen molar-refractivity contribution in [3.8, 4) is 0 Å². The fourth-order valence-corrected chi connectivity index (χ4v) is 5.30. The molecule has 24 heavy (non-hydrogen) atoms. The molecule has 2 aromatic rings. The van der Waals surface area contributed by atoms with Crippen LogP contribution in [0.3, 0.4) is 0 Å². The third-order valence-corrected chi connectivity index (χ3v) is 6.71. The Morgan fingerprint density at radius 3 is 2.75 bits per heavy atom. The Balaban J connectivity index is 1.67. The van der Waals surface area contributed by atoms with Crippen LogP contribution in [-0.4, -0.2) is 32.5 Å². The van der Waals surface area contributed by atoms with Crippen molar-refractivity contribution < 1.29 is 8.42 Å². The van der Waals surface area contributed by atoms with Crippen molar-refractivity contribution in [1.82, 2.24) is 10.3 Å². The Kier molecular flexibility index (Phi) is 4.02. The van der Waals surface area contributed by atoms with Crippen LogP contribution in [0.2, 0.25) is 0 Å². The molecule has 2 atom stereocenters. The van der Waals surface area contributed by atoms with Crippen molar-refractivity contribution in [3.05, 3.63) is 54.4 Å². The maximum Gasteiger partial charge on any atom is 0.264 e. The number of fused-ring (bicyclic) bond motifs is 1. The molecule has 1 fully saturated rings. The molecule has 1 saturated heterocycles. The number of nitrogens with zero attached hydrogens (tertiary/aromatic N) is 2. The van der Waals surface area contributed by atoms with Gasteiger partial charge in [-0.25, -0.2) is 8.42 Å². The summed E-state index contributed by atoms with van der Waals surface area (Å²) in [4.78, 5) is 4.84. The highest BCUT2D eigenvalue weighted by Crippen LogP contribution is 2.40. The van der Waals surface area contributed by atoms with Gasteiger partial charge in [-0.15, -0.1) is 0 Å². The summed E-state index contributed by atoms with van der Waals surface area (Å²) >= 11 is 0. The first-order valence-corrected chi connectivity index (χ1v) is 9.86. The van der Waals surface area contributed by atoms with Crippen LogP contribution < -0.4 is 9.62 Å². The van der Waals surface area contributed by atoms with E-state index in [0.29, 0.717) is 17.5 Å². The van der Waals surface area contributed by atoms with Gasteiger partial charge in [-0.2, -0.15) is 0 Å². The SMILES string of the molecule is O=S(=O)(c1ccccc1)N1CC(C[C@H]2CCCN2)c2ncccc21. The molecule has 2 aliphatic rings. The van der Waals surface area contributed by atoms with Crippen LogP contribution >= 0.6 is 0 Å². The second-order valence-electron chi connectivity index (χ2n) is 6.48. The van der Waals surface area contributed by atoms with E-state index in [1.807, 2.05) is 18.2 Å². The maximum absolute atomic E-state index is 13.1. The lowest BCUT2D eigenvalue weighted by Crippen LogP contribution is -2.31. The number of benzene rings is 1. The van der Waals surface area contributed by atoms with Gasteiger partial charge in [0, 0.05) is 24.7 Å². The average molecular weight is 343 g/mol. The highest BCUT2D eigenvalue weighted by molar-refractivity contribution is 7.92. The van der Waals surface area contributed by atoms with Crippen LogP contribution in [-0.2, 0) is 10.0 Å². The molecule has 0 spiro atoms. The fraction of sp³-hybridized carbons (Fsp3) is 0.389. The molecular weight excluding hydrogens is 322 g/mol. The molecule has 0 amide bonds.